The molecule has 0 unspecified atom stereocenters. The molecule has 2 N–H and O–H groups in total. The molecule has 1 aromatic rings. The van der Waals surface area contributed by atoms with Crippen molar-refractivity contribution in [2.24, 2.45) is 4.99 Å². The number of hydrogen-bond donors (Lipinski definition) is 2. The average Bonchev–Trinajstić information content (AvgIpc) is 2.64. The molecule has 6 nitrogen and oxygen atoms in total. The van der Waals surface area contributed by atoms with Crippen LogP contribution in [0.15, 0.2) is 23.2 Å². The van der Waals surface area contributed by atoms with Crippen molar-refractivity contribution in [2.75, 3.05) is 46.5 Å². The van der Waals surface area contributed by atoms with Gasteiger partial charge >= 0.3 is 0 Å². The van der Waals surface area contributed by atoms with E-state index in [2.05, 4.69) is 34.4 Å². The zero-order valence-electron chi connectivity index (χ0n) is 16.7. The Morgan fingerprint density at radius 3 is 2.63 bits per heavy atom. The highest BCUT2D eigenvalue weighted by Gasteiger charge is 2.28. The second kappa shape index (κ2) is 11.9. The first-order valence-electron chi connectivity index (χ1n) is 9.15. The standard InChI is InChI=1S/C19H31ClN4O2.HI/c1-5-26-17-12-16(20)7-6-15(17)13-22-18(21-4)23-14-19(2,3)24-8-10-25-11-9-24;/h6-7,12H,5,8-11,13-14H2,1-4H3,(H2,21,22,23);1H. The Morgan fingerprint density at radius 1 is 1.30 bits per heavy atom. The molecule has 0 aliphatic carbocycles. The molecular formula is C19H32ClIN4O2. The van der Waals surface area contributed by atoms with Gasteiger partial charge in [0.15, 0.2) is 5.96 Å². The van der Waals surface area contributed by atoms with Gasteiger partial charge in [0.25, 0.3) is 0 Å². The molecule has 1 fully saturated rings. The molecule has 27 heavy (non-hydrogen) atoms. The number of nitrogens with one attached hydrogen (secondary N) is 2. The number of ether oxygens (including phenoxy) is 2. The number of halogens is 2. The highest BCUT2D eigenvalue weighted by molar-refractivity contribution is 14.0. The average molecular weight is 511 g/mol. The third kappa shape index (κ3) is 7.63. The number of benzene rings is 1. The summed E-state index contributed by atoms with van der Waals surface area (Å²) in [4.78, 5) is 6.78. The Labute approximate surface area is 185 Å². The van der Waals surface area contributed by atoms with E-state index in [1.165, 1.54) is 0 Å². The molecule has 0 radical (unpaired) electrons. The minimum atomic E-state index is 0. The summed E-state index contributed by atoms with van der Waals surface area (Å²) >= 11 is 6.07. The Morgan fingerprint density at radius 2 is 2.00 bits per heavy atom. The summed E-state index contributed by atoms with van der Waals surface area (Å²) in [6.07, 6.45) is 0. The number of guanidine groups is 1. The van der Waals surface area contributed by atoms with Crippen LogP contribution in [-0.4, -0.2) is 62.9 Å². The fourth-order valence-corrected chi connectivity index (χ4v) is 3.11. The highest BCUT2D eigenvalue weighted by Crippen LogP contribution is 2.23. The van der Waals surface area contributed by atoms with Crippen LogP contribution in [0, 0.1) is 0 Å². The molecule has 0 amide bonds. The normalized spacial score (nSPS) is 15.8. The van der Waals surface area contributed by atoms with Crippen molar-refractivity contribution in [2.45, 2.75) is 32.9 Å². The van der Waals surface area contributed by atoms with Gasteiger partial charge in [-0.2, -0.15) is 0 Å². The summed E-state index contributed by atoms with van der Waals surface area (Å²) in [6, 6.07) is 5.70. The predicted octanol–water partition coefficient (Wildman–Crippen LogP) is 3.13. The Kier molecular flexibility index (Phi) is 10.7. The molecule has 1 heterocycles. The molecule has 1 aliphatic heterocycles. The van der Waals surface area contributed by atoms with E-state index < -0.39 is 0 Å². The molecule has 0 bridgehead atoms. The van der Waals surface area contributed by atoms with Crippen LogP contribution < -0.4 is 15.4 Å². The first kappa shape index (κ1) is 24.3. The molecule has 1 saturated heterocycles. The number of nitrogens with zero attached hydrogens (tertiary/aromatic N) is 2. The van der Waals surface area contributed by atoms with Crippen LogP contribution in [0.25, 0.3) is 0 Å². The minimum Gasteiger partial charge on any atom is -0.493 e. The van der Waals surface area contributed by atoms with Gasteiger partial charge in [-0.05, 0) is 32.9 Å². The van der Waals surface area contributed by atoms with E-state index in [9.17, 15) is 0 Å². The summed E-state index contributed by atoms with van der Waals surface area (Å²) in [7, 11) is 1.78. The monoisotopic (exact) mass is 510 g/mol. The zero-order valence-corrected chi connectivity index (χ0v) is 19.8. The molecule has 1 aromatic carbocycles. The lowest BCUT2D eigenvalue weighted by atomic mass is 10.0. The highest BCUT2D eigenvalue weighted by atomic mass is 127. The summed E-state index contributed by atoms with van der Waals surface area (Å²) in [5, 5.41) is 7.45. The first-order chi connectivity index (χ1) is 12.5. The summed E-state index contributed by atoms with van der Waals surface area (Å²) in [5.41, 5.74) is 1.07. The molecule has 0 atom stereocenters. The smallest absolute Gasteiger partial charge is 0.191 e. The van der Waals surface area contributed by atoms with Gasteiger partial charge < -0.3 is 20.1 Å². The second-order valence-corrected chi connectivity index (χ2v) is 7.31. The van der Waals surface area contributed by atoms with E-state index in [1.807, 2.05) is 25.1 Å². The largest absolute Gasteiger partial charge is 0.493 e. The second-order valence-electron chi connectivity index (χ2n) is 6.88. The van der Waals surface area contributed by atoms with Crippen LogP contribution in [0.5, 0.6) is 5.75 Å². The molecule has 0 spiro atoms. The quantitative estimate of drug-likeness (QED) is 0.335. The van der Waals surface area contributed by atoms with Gasteiger partial charge in [-0.15, -0.1) is 24.0 Å². The number of hydrogen-bond acceptors (Lipinski definition) is 4. The van der Waals surface area contributed by atoms with E-state index in [0.29, 0.717) is 18.2 Å². The van der Waals surface area contributed by atoms with Crippen molar-refractivity contribution in [3.8, 4) is 5.75 Å². The number of morpholine rings is 1. The van der Waals surface area contributed by atoms with Gasteiger partial charge in [0, 0.05) is 49.4 Å². The number of rotatable bonds is 7. The fourth-order valence-electron chi connectivity index (χ4n) is 2.94. The molecule has 2 rings (SSSR count). The maximum atomic E-state index is 6.07. The summed E-state index contributed by atoms with van der Waals surface area (Å²) in [5.74, 6) is 1.57. The zero-order chi connectivity index (χ0) is 19.0. The lowest BCUT2D eigenvalue weighted by Crippen LogP contribution is -2.56. The van der Waals surface area contributed by atoms with Crippen molar-refractivity contribution in [1.29, 1.82) is 0 Å². The van der Waals surface area contributed by atoms with Crippen molar-refractivity contribution in [3.05, 3.63) is 28.8 Å². The molecule has 8 heteroatoms. The Bertz CT molecular complexity index is 607. The molecule has 1 aliphatic rings. The third-order valence-corrected chi connectivity index (χ3v) is 4.79. The first-order valence-corrected chi connectivity index (χ1v) is 9.52. The lowest BCUT2D eigenvalue weighted by molar-refractivity contribution is -0.00834. The van der Waals surface area contributed by atoms with Gasteiger partial charge in [-0.25, -0.2) is 0 Å². The van der Waals surface area contributed by atoms with E-state index in [4.69, 9.17) is 21.1 Å². The molecular weight excluding hydrogens is 479 g/mol. The van der Waals surface area contributed by atoms with E-state index in [-0.39, 0.29) is 29.5 Å². The predicted molar refractivity (Wildman–Crippen MR) is 123 cm³/mol. The SMILES string of the molecule is CCOc1cc(Cl)ccc1CNC(=NC)NCC(C)(C)N1CCOCC1.I. The van der Waals surface area contributed by atoms with Crippen molar-refractivity contribution >= 4 is 41.5 Å². The van der Waals surface area contributed by atoms with Crippen LogP contribution in [0.4, 0.5) is 0 Å². The van der Waals surface area contributed by atoms with Gasteiger partial charge in [-0.1, -0.05) is 17.7 Å². The number of aliphatic imine (C=N–C) groups is 1. The Balaban J connectivity index is 0.00000364. The van der Waals surface area contributed by atoms with E-state index >= 15 is 0 Å². The van der Waals surface area contributed by atoms with Crippen LogP contribution >= 0.6 is 35.6 Å². The summed E-state index contributed by atoms with van der Waals surface area (Å²) < 4.78 is 11.1. The summed E-state index contributed by atoms with van der Waals surface area (Å²) in [6.45, 7) is 12.0. The van der Waals surface area contributed by atoms with Gasteiger partial charge in [0.2, 0.25) is 0 Å². The van der Waals surface area contributed by atoms with Crippen molar-refractivity contribution in [1.82, 2.24) is 15.5 Å². The maximum Gasteiger partial charge on any atom is 0.191 e. The van der Waals surface area contributed by atoms with Crippen LogP contribution in [-0.2, 0) is 11.3 Å². The maximum absolute atomic E-state index is 6.07. The molecule has 154 valence electrons. The third-order valence-electron chi connectivity index (χ3n) is 4.55. The van der Waals surface area contributed by atoms with Crippen molar-refractivity contribution < 1.29 is 9.47 Å². The van der Waals surface area contributed by atoms with E-state index in [1.54, 1.807) is 7.05 Å². The van der Waals surface area contributed by atoms with Gasteiger partial charge in [0.05, 0.1) is 19.8 Å². The van der Waals surface area contributed by atoms with E-state index in [0.717, 1.165) is 50.1 Å². The molecule has 0 aromatic heterocycles. The fraction of sp³-hybridized carbons (Fsp3) is 0.632. The minimum absolute atomic E-state index is 0. The van der Waals surface area contributed by atoms with Gasteiger partial charge in [-0.3, -0.25) is 9.89 Å². The van der Waals surface area contributed by atoms with Gasteiger partial charge in [0.1, 0.15) is 5.75 Å². The molecule has 0 saturated carbocycles. The topological polar surface area (TPSA) is 58.1 Å². The van der Waals surface area contributed by atoms with Crippen LogP contribution in [0.2, 0.25) is 5.02 Å². The Hall–Kier alpha value is -0.770. The van der Waals surface area contributed by atoms with Crippen LogP contribution in [0.1, 0.15) is 26.3 Å². The lowest BCUT2D eigenvalue weighted by Gasteiger charge is -2.41. The van der Waals surface area contributed by atoms with Crippen LogP contribution in [0.3, 0.4) is 0 Å². The van der Waals surface area contributed by atoms with Crippen molar-refractivity contribution in [3.63, 3.8) is 0 Å².